The summed E-state index contributed by atoms with van der Waals surface area (Å²) in [5.74, 6) is -2.65. The van der Waals surface area contributed by atoms with Crippen molar-refractivity contribution in [1.82, 2.24) is 0 Å². The fraction of sp³-hybridized carbons (Fsp3) is 0.222. The molecule has 10 heteroatoms. The molecule has 0 bridgehead atoms. The number of carbonyl (C=O) groups is 1. The van der Waals surface area contributed by atoms with Crippen LogP contribution in [-0.2, 0) is 14.8 Å². The van der Waals surface area contributed by atoms with Crippen LogP contribution in [0.3, 0.4) is 0 Å². The number of aliphatic carboxylic acids is 1. The van der Waals surface area contributed by atoms with Crippen molar-refractivity contribution in [2.45, 2.75) is 10.4 Å². The summed E-state index contributed by atoms with van der Waals surface area (Å²) in [6, 6.07) is 4.40. The Morgan fingerprint density at radius 2 is 1.79 bits per heavy atom. The van der Waals surface area contributed by atoms with E-state index in [2.05, 4.69) is 0 Å². The molecule has 1 rings (SSSR count). The summed E-state index contributed by atoms with van der Waals surface area (Å²) in [4.78, 5) is 10.2. The van der Waals surface area contributed by atoms with Crippen molar-refractivity contribution >= 4 is 33.4 Å². The molecule has 5 nitrogen and oxygen atoms in total. The van der Waals surface area contributed by atoms with Gasteiger partial charge in [0, 0.05) is 10.6 Å². The molecule has 2 N–H and O–H groups in total. The lowest BCUT2D eigenvalue weighted by molar-refractivity contribution is -0.134. The van der Waals surface area contributed by atoms with Gasteiger partial charge in [0.25, 0.3) is 0 Å². The summed E-state index contributed by atoms with van der Waals surface area (Å²) >= 11 is -0.333. The van der Waals surface area contributed by atoms with Crippen LogP contribution in [0.15, 0.2) is 29.2 Å². The second-order valence-corrected chi connectivity index (χ2v) is 6.19. The summed E-state index contributed by atoms with van der Waals surface area (Å²) in [6.07, 6.45) is 0. The summed E-state index contributed by atoms with van der Waals surface area (Å²) in [5.41, 5.74) is -4.43. The van der Waals surface area contributed by atoms with Crippen LogP contribution in [-0.4, -0.2) is 30.8 Å². The Labute approximate surface area is 110 Å². The van der Waals surface area contributed by atoms with E-state index in [9.17, 15) is 26.4 Å². The van der Waals surface area contributed by atoms with Crippen molar-refractivity contribution in [2.75, 3.05) is 10.5 Å². The predicted octanol–water partition coefficient (Wildman–Crippen LogP) is 2.12. The van der Waals surface area contributed by atoms with Crippen molar-refractivity contribution in [2.24, 2.45) is 0 Å². The molecule has 0 amide bonds. The van der Waals surface area contributed by atoms with Crippen molar-refractivity contribution in [3.63, 3.8) is 0 Å². The minimum atomic E-state index is -4.43. The summed E-state index contributed by atoms with van der Waals surface area (Å²) in [7, 11) is -4.06. The minimum absolute atomic E-state index is 0.00669. The lowest BCUT2D eigenvalue weighted by Gasteiger charge is -2.08. The molecule has 0 fully saturated rings. The number of sulfonamides is 1. The molecule has 0 atom stereocenters. The maximum atomic E-state index is 12.0. The van der Waals surface area contributed by atoms with Crippen LogP contribution in [0.4, 0.5) is 18.9 Å². The molecule has 0 aliphatic heterocycles. The average molecular weight is 315 g/mol. The van der Waals surface area contributed by atoms with Gasteiger partial charge in [0.1, 0.15) is 0 Å². The maximum absolute atomic E-state index is 12.0. The first kappa shape index (κ1) is 15.6. The van der Waals surface area contributed by atoms with Gasteiger partial charge in [-0.05, 0) is 36.0 Å². The zero-order valence-corrected chi connectivity index (χ0v) is 10.8. The van der Waals surface area contributed by atoms with Crippen LogP contribution >= 0.6 is 11.8 Å². The Hall–Kier alpha value is -1.42. The molecule has 0 saturated heterocycles. The molecular weight excluding hydrogens is 307 g/mol. The van der Waals surface area contributed by atoms with Crippen LogP contribution < -0.4 is 4.72 Å². The number of carboxylic acid groups (broad SMARTS) is 1. The molecule has 106 valence electrons. The van der Waals surface area contributed by atoms with Gasteiger partial charge in [0.15, 0.2) is 5.75 Å². The number of hydrogen-bond acceptors (Lipinski definition) is 4. The van der Waals surface area contributed by atoms with Crippen LogP contribution in [0.5, 0.6) is 0 Å². The van der Waals surface area contributed by atoms with Crippen LogP contribution in [0, 0.1) is 0 Å². The number of carboxylic acids is 1. The van der Waals surface area contributed by atoms with Crippen molar-refractivity contribution < 1.29 is 31.5 Å². The van der Waals surface area contributed by atoms with Gasteiger partial charge in [0.2, 0.25) is 10.0 Å². The number of benzene rings is 1. The van der Waals surface area contributed by atoms with Crippen LogP contribution in [0.2, 0.25) is 0 Å². The summed E-state index contributed by atoms with van der Waals surface area (Å²) < 4.78 is 60.6. The number of halogens is 3. The molecule has 1 aromatic carbocycles. The van der Waals surface area contributed by atoms with Crippen molar-refractivity contribution in [3.05, 3.63) is 24.3 Å². The zero-order chi connectivity index (χ0) is 14.7. The van der Waals surface area contributed by atoms with Crippen molar-refractivity contribution in [1.29, 1.82) is 0 Å². The molecule has 0 radical (unpaired) electrons. The van der Waals surface area contributed by atoms with Gasteiger partial charge in [-0.3, -0.25) is 9.52 Å². The third-order valence-electron chi connectivity index (χ3n) is 1.67. The van der Waals surface area contributed by atoms with E-state index in [1.165, 1.54) is 0 Å². The number of rotatable bonds is 5. The molecule has 1 aromatic rings. The molecule has 0 saturated carbocycles. The Balaban J connectivity index is 2.75. The van der Waals surface area contributed by atoms with E-state index in [0.717, 1.165) is 24.3 Å². The largest absolute Gasteiger partial charge is 0.480 e. The van der Waals surface area contributed by atoms with E-state index in [4.69, 9.17) is 5.11 Å². The van der Waals surface area contributed by atoms with Crippen molar-refractivity contribution in [3.8, 4) is 0 Å². The van der Waals surface area contributed by atoms with E-state index in [1.807, 2.05) is 4.72 Å². The Kier molecular flexibility index (Phi) is 4.69. The average Bonchev–Trinajstić information content (AvgIpc) is 2.16. The highest BCUT2D eigenvalue weighted by Gasteiger charge is 2.29. The molecule has 0 aromatic heterocycles. The summed E-state index contributed by atoms with van der Waals surface area (Å²) in [5, 5.41) is 8.35. The molecule has 19 heavy (non-hydrogen) atoms. The molecule has 0 aliphatic rings. The third kappa shape index (κ3) is 6.34. The van der Waals surface area contributed by atoms with Gasteiger partial charge in [0.05, 0.1) is 0 Å². The standard InChI is InChI=1S/C9H8F3NO4S2/c10-9(11,12)18-7-3-1-6(2-4-7)13-19(16,17)5-8(14)15/h1-4,13H,5H2,(H,14,15). The first-order valence-electron chi connectivity index (χ1n) is 4.65. The van der Waals surface area contributed by atoms with Gasteiger partial charge in [-0.1, -0.05) is 0 Å². The Morgan fingerprint density at radius 3 is 2.21 bits per heavy atom. The van der Waals surface area contributed by atoms with Gasteiger partial charge in [-0.2, -0.15) is 13.2 Å². The van der Waals surface area contributed by atoms with Gasteiger partial charge >= 0.3 is 11.5 Å². The quantitative estimate of drug-likeness (QED) is 0.813. The highest BCUT2D eigenvalue weighted by atomic mass is 32.2. The first-order valence-corrected chi connectivity index (χ1v) is 7.12. The van der Waals surface area contributed by atoms with E-state index in [1.54, 1.807) is 0 Å². The Bertz CT molecular complexity index is 554. The smallest absolute Gasteiger partial charge is 0.446 e. The SMILES string of the molecule is O=C(O)CS(=O)(=O)Nc1ccc(SC(F)(F)F)cc1. The molecule has 0 spiro atoms. The fourth-order valence-corrected chi connectivity index (χ4v) is 2.53. The number of anilines is 1. The van der Waals surface area contributed by atoms with E-state index >= 15 is 0 Å². The minimum Gasteiger partial charge on any atom is -0.480 e. The van der Waals surface area contributed by atoms with Crippen LogP contribution in [0.25, 0.3) is 0 Å². The van der Waals surface area contributed by atoms with E-state index in [-0.39, 0.29) is 22.3 Å². The first-order chi connectivity index (χ1) is 8.57. The number of hydrogen-bond donors (Lipinski definition) is 2. The molecular formula is C9H8F3NO4S2. The molecule has 0 heterocycles. The third-order valence-corrected chi connectivity index (χ3v) is 3.59. The van der Waals surface area contributed by atoms with E-state index in [0.29, 0.717) is 0 Å². The summed E-state index contributed by atoms with van der Waals surface area (Å²) in [6.45, 7) is 0. The lowest BCUT2D eigenvalue weighted by Crippen LogP contribution is -2.22. The molecule has 0 aliphatic carbocycles. The zero-order valence-electron chi connectivity index (χ0n) is 9.14. The highest BCUT2D eigenvalue weighted by Crippen LogP contribution is 2.37. The van der Waals surface area contributed by atoms with Gasteiger partial charge in [-0.15, -0.1) is 0 Å². The van der Waals surface area contributed by atoms with Crippen LogP contribution in [0.1, 0.15) is 0 Å². The second kappa shape index (κ2) is 5.70. The fourth-order valence-electron chi connectivity index (χ4n) is 1.10. The lowest BCUT2D eigenvalue weighted by atomic mass is 10.3. The van der Waals surface area contributed by atoms with Gasteiger partial charge in [-0.25, -0.2) is 8.42 Å². The monoisotopic (exact) mass is 315 g/mol. The number of thioether (sulfide) groups is 1. The second-order valence-electron chi connectivity index (χ2n) is 3.33. The van der Waals surface area contributed by atoms with E-state index < -0.39 is 27.3 Å². The maximum Gasteiger partial charge on any atom is 0.446 e. The number of nitrogens with one attached hydrogen (secondary N) is 1. The predicted molar refractivity (Wildman–Crippen MR) is 63.4 cm³/mol. The topological polar surface area (TPSA) is 83.5 Å². The normalized spacial score (nSPS) is 12.2. The highest BCUT2D eigenvalue weighted by molar-refractivity contribution is 8.00. The van der Waals surface area contributed by atoms with Gasteiger partial charge < -0.3 is 5.11 Å². The Morgan fingerprint density at radius 1 is 1.26 bits per heavy atom. The molecule has 0 unspecified atom stereocenters. The number of alkyl halides is 3.